The van der Waals surface area contributed by atoms with Gasteiger partial charge in [-0.1, -0.05) is 12.1 Å². The van der Waals surface area contributed by atoms with Gasteiger partial charge in [-0.15, -0.1) is 0 Å². The van der Waals surface area contributed by atoms with Gasteiger partial charge in [-0.2, -0.15) is 5.10 Å². The summed E-state index contributed by atoms with van der Waals surface area (Å²) in [5.74, 6) is 0.255. The number of anilines is 1. The first-order valence-corrected chi connectivity index (χ1v) is 10.2. The Labute approximate surface area is 168 Å². The summed E-state index contributed by atoms with van der Waals surface area (Å²) in [5.41, 5.74) is 3.90. The fraction of sp³-hybridized carbons (Fsp3) is 0.409. The molecule has 3 aromatic rings. The molecule has 0 spiro atoms. The lowest BCUT2D eigenvalue weighted by Crippen LogP contribution is -2.49. The van der Waals surface area contributed by atoms with Crippen LogP contribution in [0.25, 0.3) is 11.0 Å². The highest BCUT2D eigenvalue weighted by Gasteiger charge is 2.31. The Kier molecular flexibility index (Phi) is 4.26. The summed E-state index contributed by atoms with van der Waals surface area (Å²) in [6, 6.07) is 8.78. The van der Waals surface area contributed by atoms with Crippen molar-refractivity contribution in [2.24, 2.45) is 7.05 Å². The molecule has 0 unspecified atom stereocenters. The number of amides is 1. The van der Waals surface area contributed by atoms with Crippen molar-refractivity contribution < 1.29 is 9.18 Å². The van der Waals surface area contributed by atoms with Crippen LogP contribution in [-0.4, -0.2) is 51.8 Å². The third-order valence-corrected chi connectivity index (χ3v) is 5.97. The Morgan fingerprint density at radius 1 is 1.14 bits per heavy atom. The summed E-state index contributed by atoms with van der Waals surface area (Å²) >= 11 is 0. The van der Waals surface area contributed by atoms with Gasteiger partial charge in [0.15, 0.2) is 5.65 Å². The summed E-state index contributed by atoms with van der Waals surface area (Å²) in [6.45, 7) is 4.28. The lowest BCUT2D eigenvalue weighted by Gasteiger charge is -2.36. The van der Waals surface area contributed by atoms with Crippen LogP contribution in [0.1, 0.15) is 40.5 Å². The number of hydrogen-bond donors (Lipinski definition) is 0. The molecule has 2 aromatic heterocycles. The zero-order valence-electron chi connectivity index (χ0n) is 16.7. The van der Waals surface area contributed by atoms with Crippen LogP contribution in [0.2, 0.25) is 0 Å². The largest absolute Gasteiger partial charge is 0.366 e. The topological polar surface area (TPSA) is 54.3 Å². The summed E-state index contributed by atoms with van der Waals surface area (Å²) in [4.78, 5) is 22.1. The maximum Gasteiger partial charge on any atom is 0.254 e. The van der Waals surface area contributed by atoms with E-state index in [1.54, 1.807) is 16.8 Å². The molecule has 150 valence electrons. The number of aromatic nitrogens is 3. The minimum absolute atomic E-state index is 0.0172. The van der Waals surface area contributed by atoms with E-state index in [-0.39, 0.29) is 11.7 Å². The molecule has 0 bridgehead atoms. The molecular formula is C22H24FN5O. The number of rotatable bonds is 3. The fourth-order valence-corrected chi connectivity index (χ4v) is 4.25. The second kappa shape index (κ2) is 6.83. The van der Waals surface area contributed by atoms with Crippen LogP contribution in [-0.2, 0) is 7.05 Å². The van der Waals surface area contributed by atoms with E-state index in [0.717, 1.165) is 35.3 Å². The molecule has 29 heavy (non-hydrogen) atoms. The predicted octanol–water partition coefficient (Wildman–Crippen LogP) is 3.26. The average molecular weight is 393 g/mol. The predicted molar refractivity (Wildman–Crippen MR) is 110 cm³/mol. The Balaban J connectivity index is 1.43. The molecule has 2 aliphatic rings. The molecule has 5 rings (SSSR count). The van der Waals surface area contributed by atoms with Crippen molar-refractivity contribution in [3.8, 4) is 0 Å². The van der Waals surface area contributed by atoms with Crippen molar-refractivity contribution in [2.45, 2.75) is 25.7 Å². The van der Waals surface area contributed by atoms with Crippen LogP contribution in [0, 0.1) is 12.7 Å². The van der Waals surface area contributed by atoms with Gasteiger partial charge in [-0.25, -0.2) is 9.37 Å². The first kappa shape index (κ1) is 18.1. The zero-order chi connectivity index (χ0) is 20.1. The van der Waals surface area contributed by atoms with Crippen molar-refractivity contribution in [3.63, 3.8) is 0 Å². The maximum atomic E-state index is 14.1. The molecule has 3 heterocycles. The Morgan fingerprint density at radius 2 is 1.86 bits per heavy atom. The van der Waals surface area contributed by atoms with Crippen LogP contribution < -0.4 is 4.90 Å². The van der Waals surface area contributed by atoms with Crippen LogP contribution in [0.5, 0.6) is 0 Å². The lowest BCUT2D eigenvalue weighted by atomic mass is 10.1. The first-order valence-electron chi connectivity index (χ1n) is 10.2. The second-order valence-electron chi connectivity index (χ2n) is 8.01. The standard InChI is InChI=1S/C22H24FN5O/c1-14-20-16(13-18(15-7-8-15)24-21(20)26(2)25-14)22(29)28-11-9-27(10-12-28)19-6-4-3-5-17(19)23/h3-6,13,15H,7-12H2,1-2H3. The zero-order valence-corrected chi connectivity index (χ0v) is 16.7. The fourth-order valence-electron chi connectivity index (χ4n) is 4.25. The van der Waals surface area contributed by atoms with Crippen LogP contribution in [0.3, 0.4) is 0 Å². The third kappa shape index (κ3) is 3.14. The molecule has 0 N–H and O–H groups in total. The molecule has 2 fully saturated rings. The number of hydrogen-bond acceptors (Lipinski definition) is 4. The maximum absolute atomic E-state index is 14.1. The average Bonchev–Trinajstić information content (AvgIpc) is 3.54. The number of carbonyl (C=O) groups is 1. The molecule has 1 aliphatic carbocycles. The Morgan fingerprint density at radius 3 is 2.55 bits per heavy atom. The van der Waals surface area contributed by atoms with Crippen molar-refractivity contribution in [3.05, 3.63) is 53.1 Å². The van der Waals surface area contributed by atoms with Gasteiger partial charge in [0.1, 0.15) is 5.82 Å². The Hall–Kier alpha value is -2.96. The van der Waals surface area contributed by atoms with Crippen molar-refractivity contribution >= 4 is 22.6 Å². The molecule has 7 heteroatoms. The molecule has 1 aromatic carbocycles. The highest BCUT2D eigenvalue weighted by atomic mass is 19.1. The minimum Gasteiger partial charge on any atom is -0.366 e. The number of carbonyl (C=O) groups excluding carboxylic acids is 1. The molecular weight excluding hydrogens is 369 g/mol. The van der Waals surface area contributed by atoms with Gasteiger partial charge < -0.3 is 9.80 Å². The van der Waals surface area contributed by atoms with E-state index in [1.807, 2.05) is 35.9 Å². The number of halogens is 1. The van der Waals surface area contributed by atoms with E-state index in [9.17, 15) is 9.18 Å². The van der Waals surface area contributed by atoms with Gasteiger partial charge in [0.2, 0.25) is 0 Å². The van der Waals surface area contributed by atoms with Gasteiger partial charge in [0.05, 0.1) is 22.3 Å². The normalized spacial score (nSPS) is 17.2. The third-order valence-electron chi connectivity index (χ3n) is 5.97. The number of piperazine rings is 1. The van der Waals surface area contributed by atoms with Gasteiger partial charge in [-0.05, 0) is 38.0 Å². The lowest BCUT2D eigenvalue weighted by molar-refractivity contribution is 0.0748. The molecule has 1 amide bonds. The molecule has 1 aliphatic heterocycles. The number of fused-ring (bicyclic) bond motifs is 1. The SMILES string of the molecule is Cc1nn(C)c2nc(C3CC3)cc(C(=O)N3CCN(c4ccccc4F)CC3)c12. The van der Waals surface area contributed by atoms with Crippen LogP contribution >= 0.6 is 0 Å². The van der Waals surface area contributed by atoms with Crippen LogP contribution in [0.4, 0.5) is 10.1 Å². The minimum atomic E-state index is -0.219. The molecule has 6 nitrogen and oxygen atoms in total. The van der Waals surface area contributed by atoms with E-state index in [0.29, 0.717) is 43.3 Å². The second-order valence-corrected chi connectivity index (χ2v) is 8.01. The van der Waals surface area contributed by atoms with E-state index in [2.05, 4.69) is 5.10 Å². The number of aryl methyl sites for hydroxylation is 2. The number of nitrogens with zero attached hydrogens (tertiary/aromatic N) is 5. The van der Waals surface area contributed by atoms with E-state index in [4.69, 9.17) is 4.98 Å². The van der Waals surface area contributed by atoms with Crippen molar-refractivity contribution in [1.82, 2.24) is 19.7 Å². The van der Waals surface area contributed by atoms with Crippen molar-refractivity contribution in [1.29, 1.82) is 0 Å². The molecule has 1 saturated heterocycles. The summed E-state index contributed by atoms with van der Waals surface area (Å²) in [6.07, 6.45) is 2.26. The Bertz CT molecular complexity index is 1100. The van der Waals surface area contributed by atoms with E-state index < -0.39 is 0 Å². The van der Waals surface area contributed by atoms with E-state index in [1.165, 1.54) is 6.07 Å². The monoisotopic (exact) mass is 393 g/mol. The smallest absolute Gasteiger partial charge is 0.254 e. The summed E-state index contributed by atoms with van der Waals surface area (Å²) in [7, 11) is 1.88. The molecule has 1 saturated carbocycles. The number of benzene rings is 1. The van der Waals surface area contributed by atoms with Gasteiger partial charge >= 0.3 is 0 Å². The van der Waals surface area contributed by atoms with Gasteiger partial charge in [0.25, 0.3) is 5.91 Å². The summed E-state index contributed by atoms with van der Waals surface area (Å²) in [5, 5.41) is 5.34. The highest BCUT2D eigenvalue weighted by molar-refractivity contribution is 6.06. The summed E-state index contributed by atoms with van der Waals surface area (Å²) < 4.78 is 15.9. The quantitative estimate of drug-likeness (QED) is 0.685. The number of pyridine rings is 1. The molecule has 0 atom stereocenters. The number of para-hydroxylation sites is 1. The highest BCUT2D eigenvalue weighted by Crippen LogP contribution is 2.40. The van der Waals surface area contributed by atoms with Crippen molar-refractivity contribution in [2.75, 3.05) is 31.1 Å². The van der Waals surface area contributed by atoms with Crippen LogP contribution in [0.15, 0.2) is 30.3 Å². The van der Waals surface area contributed by atoms with Gasteiger partial charge in [-0.3, -0.25) is 9.48 Å². The van der Waals surface area contributed by atoms with Gasteiger partial charge in [0, 0.05) is 44.8 Å². The first-order chi connectivity index (χ1) is 14.0. The van der Waals surface area contributed by atoms with E-state index >= 15 is 0 Å². The molecule has 0 radical (unpaired) electrons.